The van der Waals surface area contributed by atoms with Crippen molar-refractivity contribution in [3.63, 3.8) is 0 Å². The summed E-state index contributed by atoms with van der Waals surface area (Å²) in [6.45, 7) is 0. The van der Waals surface area contributed by atoms with E-state index < -0.39 is 0 Å². The first-order valence-corrected chi connectivity index (χ1v) is 6.51. The van der Waals surface area contributed by atoms with Gasteiger partial charge in [0.15, 0.2) is 10.9 Å². The molecule has 0 saturated heterocycles. The number of hydrogen-bond donors (Lipinski definition) is 2. The van der Waals surface area contributed by atoms with E-state index in [2.05, 4.69) is 5.32 Å². The Hall–Kier alpha value is -1.49. The Kier molecular flexibility index (Phi) is 4.47. The van der Waals surface area contributed by atoms with Gasteiger partial charge in [-0.3, -0.25) is 0 Å². The summed E-state index contributed by atoms with van der Waals surface area (Å²) in [5.41, 5.74) is 6.13. The van der Waals surface area contributed by atoms with Gasteiger partial charge in [-0.05, 0) is 42.5 Å². The molecule has 0 unspecified atom stereocenters. The van der Waals surface area contributed by atoms with Crippen molar-refractivity contribution >= 4 is 46.2 Å². The lowest BCUT2D eigenvalue weighted by molar-refractivity contribution is 0.485. The summed E-state index contributed by atoms with van der Waals surface area (Å²) in [7, 11) is 0. The molecule has 2 rings (SSSR count). The molecule has 0 aliphatic heterocycles. The van der Waals surface area contributed by atoms with E-state index >= 15 is 0 Å². The lowest BCUT2D eigenvalue weighted by Gasteiger charge is -2.12. The summed E-state index contributed by atoms with van der Waals surface area (Å²) in [5, 5.41) is 3.98. The minimum absolute atomic E-state index is 0.165. The fourth-order valence-electron chi connectivity index (χ4n) is 1.47. The molecule has 19 heavy (non-hydrogen) atoms. The molecule has 0 spiro atoms. The first-order chi connectivity index (χ1) is 9.06. The molecule has 0 saturated carbocycles. The molecule has 3 N–H and O–H groups in total. The highest BCUT2D eigenvalue weighted by atomic mass is 35.5. The van der Waals surface area contributed by atoms with Gasteiger partial charge in [0.25, 0.3) is 0 Å². The third-order valence-electron chi connectivity index (χ3n) is 2.26. The Morgan fingerprint density at radius 2 is 1.84 bits per heavy atom. The third-order valence-corrected chi connectivity index (χ3v) is 2.89. The fourth-order valence-corrected chi connectivity index (χ4v) is 2.03. The lowest BCUT2D eigenvalue weighted by Crippen LogP contribution is -2.19. The van der Waals surface area contributed by atoms with Crippen LogP contribution in [0, 0.1) is 0 Å². The van der Waals surface area contributed by atoms with E-state index in [0.717, 1.165) is 0 Å². The van der Waals surface area contributed by atoms with Gasteiger partial charge in [0, 0.05) is 5.02 Å². The second-order valence-electron chi connectivity index (χ2n) is 3.66. The molecule has 0 aliphatic rings. The molecule has 0 aliphatic carbocycles. The van der Waals surface area contributed by atoms with Crippen molar-refractivity contribution < 1.29 is 4.74 Å². The van der Waals surface area contributed by atoms with Crippen LogP contribution >= 0.6 is 35.4 Å². The highest BCUT2D eigenvalue weighted by Crippen LogP contribution is 2.34. The molecule has 0 heterocycles. The predicted octanol–water partition coefficient (Wildman–Crippen LogP) is 4.44. The molecular formula is C13H10Cl2N2OS. The van der Waals surface area contributed by atoms with Crippen molar-refractivity contribution in [1.82, 2.24) is 0 Å². The zero-order valence-electron chi connectivity index (χ0n) is 9.69. The first-order valence-electron chi connectivity index (χ1n) is 5.34. The number of nitrogens with two attached hydrogens (primary N) is 1. The molecule has 0 fully saturated rings. The van der Waals surface area contributed by atoms with Gasteiger partial charge in [0.1, 0.15) is 5.75 Å². The Morgan fingerprint density at radius 1 is 1.11 bits per heavy atom. The van der Waals surface area contributed by atoms with Crippen LogP contribution in [-0.4, -0.2) is 5.11 Å². The lowest BCUT2D eigenvalue weighted by atomic mass is 10.3. The van der Waals surface area contributed by atoms with Gasteiger partial charge in [-0.2, -0.15) is 0 Å². The Morgan fingerprint density at radius 3 is 2.53 bits per heavy atom. The van der Waals surface area contributed by atoms with Crippen LogP contribution in [0.1, 0.15) is 0 Å². The third kappa shape index (κ3) is 3.73. The molecule has 0 bridgehead atoms. The molecule has 2 aromatic carbocycles. The number of nitrogens with one attached hydrogen (secondary N) is 1. The number of thiocarbonyl (C=S) groups is 1. The first kappa shape index (κ1) is 13.9. The van der Waals surface area contributed by atoms with E-state index in [1.807, 2.05) is 12.1 Å². The smallest absolute Gasteiger partial charge is 0.168 e. The number of halogens is 2. The van der Waals surface area contributed by atoms with Gasteiger partial charge in [0.2, 0.25) is 0 Å². The van der Waals surface area contributed by atoms with E-state index in [1.165, 1.54) is 0 Å². The van der Waals surface area contributed by atoms with Gasteiger partial charge >= 0.3 is 0 Å². The maximum Gasteiger partial charge on any atom is 0.168 e. The van der Waals surface area contributed by atoms with Crippen molar-refractivity contribution in [3.8, 4) is 11.5 Å². The zero-order chi connectivity index (χ0) is 13.8. The Balaban J connectivity index is 2.30. The van der Waals surface area contributed by atoms with Gasteiger partial charge < -0.3 is 15.8 Å². The molecule has 98 valence electrons. The van der Waals surface area contributed by atoms with E-state index in [9.17, 15) is 0 Å². The highest BCUT2D eigenvalue weighted by molar-refractivity contribution is 7.80. The summed E-state index contributed by atoms with van der Waals surface area (Å²) in [4.78, 5) is 0. The number of ether oxygens (including phenoxy) is 1. The maximum atomic E-state index is 6.06. The second-order valence-corrected chi connectivity index (χ2v) is 4.95. The molecule has 0 aromatic heterocycles. The van der Waals surface area contributed by atoms with Crippen LogP contribution in [-0.2, 0) is 0 Å². The number of benzene rings is 2. The Labute approximate surface area is 126 Å². The van der Waals surface area contributed by atoms with Crippen LogP contribution < -0.4 is 15.8 Å². The monoisotopic (exact) mass is 312 g/mol. The van der Waals surface area contributed by atoms with Crippen LogP contribution in [0.3, 0.4) is 0 Å². The zero-order valence-corrected chi connectivity index (χ0v) is 12.0. The minimum Gasteiger partial charge on any atom is -0.454 e. The average molecular weight is 313 g/mol. The molecule has 0 atom stereocenters. The van der Waals surface area contributed by atoms with E-state index in [1.54, 1.807) is 30.3 Å². The molecule has 3 nitrogen and oxygen atoms in total. The SMILES string of the molecule is NC(=S)Nc1ccccc1Oc1ccc(Cl)cc1Cl. The minimum atomic E-state index is 0.165. The van der Waals surface area contributed by atoms with Crippen LogP contribution in [0.2, 0.25) is 10.0 Å². The summed E-state index contributed by atoms with van der Waals surface area (Å²) in [5.74, 6) is 1.07. The quantitative estimate of drug-likeness (QED) is 0.822. The fraction of sp³-hybridized carbons (Fsp3) is 0. The van der Waals surface area contributed by atoms with E-state index in [-0.39, 0.29) is 5.11 Å². The molecule has 2 aromatic rings. The van der Waals surface area contributed by atoms with Gasteiger partial charge in [-0.1, -0.05) is 35.3 Å². The van der Waals surface area contributed by atoms with Crippen LogP contribution in [0.25, 0.3) is 0 Å². The van der Waals surface area contributed by atoms with Crippen molar-refractivity contribution in [2.75, 3.05) is 5.32 Å². The summed E-state index contributed by atoms with van der Waals surface area (Å²) < 4.78 is 5.73. The average Bonchev–Trinajstić information content (AvgIpc) is 2.34. The van der Waals surface area contributed by atoms with Crippen molar-refractivity contribution in [1.29, 1.82) is 0 Å². The van der Waals surface area contributed by atoms with Crippen molar-refractivity contribution in [2.45, 2.75) is 0 Å². The number of para-hydroxylation sites is 2. The molecule has 0 amide bonds. The molecular weight excluding hydrogens is 303 g/mol. The van der Waals surface area contributed by atoms with E-state index in [0.29, 0.717) is 27.2 Å². The second kappa shape index (κ2) is 6.10. The van der Waals surface area contributed by atoms with E-state index in [4.69, 9.17) is 45.9 Å². The predicted molar refractivity (Wildman–Crippen MR) is 83.4 cm³/mol. The van der Waals surface area contributed by atoms with Gasteiger partial charge in [0.05, 0.1) is 10.7 Å². The van der Waals surface area contributed by atoms with Crippen molar-refractivity contribution in [3.05, 3.63) is 52.5 Å². The largest absolute Gasteiger partial charge is 0.454 e. The van der Waals surface area contributed by atoms with Crippen LogP contribution in [0.4, 0.5) is 5.69 Å². The topological polar surface area (TPSA) is 47.3 Å². The van der Waals surface area contributed by atoms with Crippen LogP contribution in [0.5, 0.6) is 11.5 Å². The summed E-state index contributed by atoms with van der Waals surface area (Å²) in [6.07, 6.45) is 0. The molecule has 6 heteroatoms. The van der Waals surface area contributed by atoms with Gasteiger partial charge in [-0.25, -0.2) is 0 Å². The number of hydrogen-bond acceptors (Lipinski definition) is 2. The standard InChI is InChI=1S/C13H10Cl2N2OS/c14-8-5-6-11(9(15)7-8)18-12-4-2-1-3-10(12)17-13(16)19/h1-7H,(H3,16,17,19). The Bertz CT molecular complexity index is 619. The van der Waals surface area contributed by atoms with Crippen molar-refractivity contribution in [2.24, 2.45) is 5.73 Å². The molecule has 0 radical (unpaired) electrons. The normalized spacial score (nSPS) is 10.0. The maximum absolute atomic E-state index is 6.06. The van der Waals surface area contributed by atoms with Crippen LogP contribution in [0.15, 0.2) is 42.5 Å². The summed E-state index contributed by atoms with van der Waals surface area (Å²) in [6, 6.07) is 12.3. The highest BCUT2D eigenvalue weighted by Gasteiger charge is 2.08. The van der Waals surface area contributed by atoms with Gasteiger partial charge in [-0.15, -0.1) is 0 Å². The number of rotatable bonds is 3. The summed E-state index contributed by atoms with van der Waals surface area (Å²) >= 11 is 16.7. The number of anilines is 1.